The van der Waals surface area contributed by atoms with Crippen LogP contribution in [-0.2, 0) is 4.74 Å². The van der Waals surface area contributed by atoms with Crippen molar-refractivity contribution in [3.8, 4) is 0 Å². The fourth-order valence-corrected chi connectivity index (χ4v) is 1.91. The summed E-state index contributed by atoms with van der Waals surface area (Å²) in [6, 6.07) is 3.25. The molecule has 0 atom stereocenters. The summed E-state index contributed by atoms with van der Waals surface area (Å²) < 4.78 is 4.56. The first-order valence-electron chi connectivity index (χ1n) is 4.53. The van der Waals surface area contributed by atoms with E-state index in [0.717, 1.165) is 11.3 Å². The molecule has 1 aromatic rings. The zero-order chi connectivity index (χ0) is 11.4. The van der Waals surface area contributed by atoms with Gasteiger partial charge in [-0.25, -0.2) is 4.79 Å². The van der Waals surface area contributed by atoms with Gasteiger partial charge in [-0.1, -0.05) is 0 Å². The molecule has 1 aromatic heterocycles. The SMILES string of the molecule is CCN(C)C(=O)c1ccc(C(=O)OC)s1. The monoisotopic (exact) mass is 227 g/mol. The van der Waals surface area contributed by atoms with Crippen molar-refractivity contribution in [3.63, 3.8) is 0 Å². The lowest BCUT2D eigenvalue weighted by Crippen LogP contribution is -2.25. The van der Waals surface area contributed by atoms with Gasteiger partial charge in [0.15, 0.2) is 0 Å². The molecular weight excluding hydrogens is 214 g/mol. The van der Waals surface area contributed by atoms with E-state index in [1.54, 1.807) is 24.1 Å². The van der Waals surface area contributed by atoms with E-state index in [9.17, 15) is 9.59 Å². The summed E-state index contributed by atoms with van der Waals surface area (Å²) in [5.74, 6) is -0.476. The van der Waals surface area contributed by atoms with Gasteiger partial charge in [0.05, 0.1) is 12.0 Å². The number of hydrogen-bond donors (Lipinski definition) is 0. The summed E-state index contributed by atoms with van der Waals surface area (Å²) >= 11 is 1.15. The molecule has 4 nitrogen and oxygen atoms in total. The zero-order valence-corrected chi connectivity index (χ0v) is 9.76. The van der Waals surface area contributed by atoms with Crippen LogP contribution in [0.4, 0.5) is 0 Å². The molecule has 0 N–H and O–H groups in total. The standard InChI is InChI=1S/C10H13NO3S/c1-4-11(2)9(12)7-5-6-8(15-7)10(13)14-3/h5-6H,4H2,1-3H3. The summed E-state index contributed by atoms with van der Waals surface area (Å²) in [4.78, 5) is 25.4. The maximum atomic E-state index is 11.7. The predicted molar refractivity (Wildman–Crippen MR) is 58.3 cm³/mol. The summed E-state index contributed by atoms with van der Waals surface area (Å²) in [5, 5.41) is 0. The number of ether oxygens (including phenoxy) is 1. The van der Waals surface area contributed by atoms with Gasteiger partial charge in [-0.15, -0.1) is 11.3 Å². The smallest absolute Gasteiger partial charge is 0.348 e. The Labute approximate surface area is 92.5 Å². The number of carbonyl (C=O) groups excluding carboxylic acids is 2. The second-order valence-electron chi connectivity index (χ2n) is 2.97. The van der Waals surface area contributed by atoms with Crippen LogP contribution in [0.15, 0.2) is 12.1 Å². The van der Waals surface area contributed by atoms with Gasteiger partial charge < -0.3 is 9.64 Å². The molecule has 0 saturated heterocycles. The van der Waals surface area contributed by atoms with Crippen LogP contribution in [0.3, 0.4) is 0 Å². The van der Waals surface area contributed by atoms with Gasteiger partial charge in [0.25, 0.3) is 5.91 Å². The molecule has 5 heteroatoms. The highest BCUT2D eigenvalue weighted by atomic mass is 32.1. The summed E-state index contributed by atoms with van der Waals surface area (Å²) in [6.07, 6.45) is 0. The molecule has 0 fully saturated rings. The highest BCUT2D eigenvalue weighted by Gasteiger charge is 2.15. The Kier molecular flexibility index (Phi) is 3.85. The highest BCUT2D eigenvalue weighted by Crippen LogP contribution is 2.18. The maximum Gasteiger partial charge on any atom is 0.348 e. The van der Waals surface area contributed by atoms with Crippen LogP contribution in [0.5, 0.6) is 0 Å². The van der Waals surface area contributed by atoms with Crippen LogP contribution >= 0.6 is 11.3 Å². The van der Waals surface area contributed by atoms with Crippen LogP contribution in [0.2, 0.25) is 0 Å². The highest BCUT2D eigenvalue weighted by molar-refractivity contribution is 7.15. The second-order valence-corrected chi connectivity index (χ2v) is 4.06. The fraction of sp³-hybridized carbons (Fsp3) is 0.400. The lowest BCUT2D eigenvalue weighted by Gasteiger charge is -2.12. The van der Waals surface area contributed by atoms with Gasteiger partial charge in [0, 0.05) is 13.6 Å². The molecule has 0 aliphatic heterocycles. The van der Waals surface area contributed by atoms with Crippen molar-refractivity contribution in [2.24, 2.45) is 0 Å². The minimum absolute atomic E-state index is 0.0716. The molecular formula is C10H13NO3S. The second kappa shape index (κ2) is 4.93. The zero-order valence-electron chi connectivity index (χ0n) is 8.94. The number of amides is 1. The quantitative estimate of drug-likeness (QED) is 0.737. The van der Waals surface area contributed by atoms with E-state index in [1.165, 1.54) is 7.11 Å². The van der Waals surface area contributed by atoms with Crippen molar-refractivity contribution in [1.82, 2.24) is 4.90 Å². The number of carbonyl (C=O) groups is 2. The lowest BCUT2D eigenvalue weighted by atomic mass is 10.4. The van der Waals surface area contributed by atoms with E-state index in [2.05, 4.69) is 4.74 Å². The Balaban J connectivity index is 2.84. The molecule has 0 spiro atoms. The summed E-state index contributed by atoms with van der Waals surface area (Å²) in [7, 11) is 3.04. The fourth-order valence-electron chi connectivity index (χ4n) is 0.995. The molecule has 1 amide bonds. The Hall–Kier alpha value is -1.36. The molecule has 0 aliphatic carbocycles. The molecule has 82 valence electrons. The first-order chi connectivity index (χ1) is 7.10. The van der Waals surface area contributed by atoms with Gasteiger partial charge in [0.2, 0.25) is 0 Å². The number of esters is 1. The van der Waals surface area contributed by atoms with Gasteiger partial charge in [-0.3, -0.25) is 4.79 Å². The largest absolute Gasteiger partial charge is 0.465 e. The van der Waals surface area contributed by atoms with Crippen molar-refractivity contribution in [2.75, 3.05) is 20.7 Å². The Bertz CT molecular complexity index is 372. The third-order valence-corrected chi connectivity index (χ3v) is 3.08. The van der Waals surface area contributed by atoms with Gasteiger partial charge in [0.1, 0.15) is 4.88 Å². The number of hydrogen-bond acceptors (Lipinski definition) is 4. The third-order valence-electron chi connectivity index (χ3n) is 2.02. The first-order valence-corrected chi connectivity index (χ1v) is 5.35. The molecule has 0 radical (unpaired) electrons. The van der Waals surface area contributed by atoms with Crippen molar-refractivity contribution in [1.29, 1.82) is 0 Å². The topological polar surface area (TPSA) is 46.6 Å². The van der Waals surface area contributed by atoms with E-state index in [0.29, 0.717) is 16.3 Å². The molecule has 0 aromatic carbocycles. The number of rotatable bonds is 3. The Morgan fingerprint density at radius 3 is 2.53 bits per heavy atom. The van der Waals surface area contributed by atoms with E-state index in [4.69, 9.17) is 0 Å². The number of nitrogens with zero attached hydrogens (tertiary/aromatic N) is 1. The van der Waals surface area contributed by atoms with Crippen molar-refractivity contribution < 1.29 is 14.3 Å². The molecule has 0 aliphatic rings. The molecule has 0 unspecified atom stereocenters. The lowest BCUT2D eigenvalue weighted by molar-refractivity contribution is 0.0606. The van der Waals surface area contributed by atoms with Crippen LogP contribution in [0, 0.1) is 0 Å². The maximum absolute atomic E-state index is 11.7. The van der Waals surface area contributed by atoms with E-state index in [1.807, 2.05) is 6.92 Å². The molecule has 0 bridgehead atoms. The summed E-state index contributed by atoms with van der Waals surface area (Å²) in [5.41, 5.74) is 0. The average molecular weight is 227 g/mol. The van der Waals surface area contributed by atoms with Crippen LogP contribution in [-0.4, -0.2) is 37.5 Å². The predicted octanol–water partition coefficient (Wildman–Crippen LogP) is 1.63. The van der Waals surface area contributed by atoms with Crippen molar-refractivity contribution in [2.45, 2.75) is 6.92 Å². The Morgan fingerprint density at radius 1 is 1.40 bits per heavy atom. The number of thiophene rings is 1. The van der Waals surface area contributed by atoms with Gasteiger partial charge in [-0.05, 0) is 19.1 Å². The van der Waals surface area contributed by atoms with Crippen LogP contribution < -0.4 is 0 Å². The summed E-state index contributed by atoms with van der Waals surface area (Å²) in [6.45, 7) is 2.54. The molecule has 0 saturated carbocycles. The molecule has 1 rings (SSSR count). The molecule has 15 heavy (non-hydrogen) atoms. The first kappa shape index (κ1) is 11.7. The van der Waals surface area contributed by atoms with Crippen LogP contribution in [0.1, 0.15) is 26.3 Å². The average Bonchev–Trinajstić information content (AvgIpc) is 2.75. The molecule has 1 heterocycles. The van der Waals surface area contributed by atoms with Crippen LogP contribution in [0.25, 0.3) is 0 Å². The van der Waals surface area contributed by atoms with Crippen molar-refractivity contribution in [3.05, 3.63) is 21.9 Å². The third kappa shape index (κ3) is 2.56. The van der Waals surface area contributed by atoms with Gasteiger partial charge >= 0.3 is 5.97 Å². The van der Waals surface area contributed by atoms with Gasteiger partial charge in [-0.2, -0.15) is 0 Å². The minimum Gasteiger partial charge on any atom is -0.465 e. The minimum atomic E-state index is -0.404. The van der Waals surface area contributed by atoms with E-state index < -0.39 is 5.97 Å². The van der Waals surface area contributed by atoms with E-state index in [-0.39, 0.29) is 5.91 Å². The normalized spacial score (nSPS) is 9.80. The van der Waals surface area contributed by atoms with Crippen molar-refractivity contribution >= 4 is 23.2 Å². The van der Waals surface area contributed by atoms with E-state index >= 15 is 0 Å². The Morgan fingerprint density at radius 2 is 2.00 bits per heavy atom. The number of methoxy groups -OCH3 is 1.